The number of hydrogen-bond acceptors (Lipinski definition) is 4. The second-order valence-corrected chi connectivity index (χ2v) is 9.26. The van der Waals surface area contributed by atoms with E-state index in [1.54, 1.807) is 24.0 Å². The van der Waals surface area contributed by atoms with Crippen molar-refractivity contribution >= 4 is 15.9 Å². The van der Waals surface area contributed by atoms with E-state index >= 15 is 0 Å². The van der Waals surface area contributed by atoms with E-state index in [4.69, 9.17) is 4.42 Å². The molecule has 0 radical (unpaired) electrons. The maximum Gasteiger partial charge on any atom is 0.290 e. The van der Waals surface area contributed by atoms with Crippen molar-refractivity contribution in [2.24, 2.45) is 0 Å². The number of benzene rings is 1. The molecule has 3 heterocycles. The summed E-state index contributed by atoms with van der Waals surface area (Å²) in [5.74, 6) is -0.395. The minimum Gasteiger partial charge on any atom is -0.455 e. The molecule has 150 valence electrons. The molecule has 8 heteroatoms. The third-order valence-corrected chi connectivity index (χ3v) is 7.54. The molecule has 2 aromatic rings. The van der Waals surface area contributed by atoms with E-state index in [1.807, 2.05) is 0 Å². The van der Waals surface area contributed by atoms with Crippen molar-refractivity contribution in [3.05, 3.63) is 53.2 Å². The Bertz CT molecular complexity index is 978. The molecule has 2 aliphatic rings. The lowest BCUT2D eigenvalue weighted by Crippen LogP contribution is -2.30. The van der Waals surface area contributed by atoms with Crippen LogP contribution in [-0.2, 0) is 10.0 Å². The van der Waals surface area contributed by atoms with E-state index in [0.717, 1.165) is 31.2 Å². The summed E-state index contributed by atoms with van der Waals surface area (Å²) >= 11 is 0. The molecule has 1 amide bonds. The SMILES string of the molecule is Cc1oc(C(=O)N2CCCC2c2ccc(F)cc2)cc1S(=O)(=O)N1CCCC1. The number of furan rings is 1. The lowest BCUT2D eigenvalue weighted by molar-refractivity contribution is 0.0702. The average Bonchev–Trinajstić information content (AvgIpc) is 3.42. The van der Waals surface area contributed by atoms with Crippen LogP contribution in [0.4, 0.5) is 4.39 Å². The molecular weight excluding hydrogens is 383 g/mol. The van der Waals surface area contributed by atoms with Gasteiger partial charge in [-0.15, -0.1) is 0 Å². The molecule has 1 aromatic heterocycles. The van der Waals surface area contributed by atoms with Crippen molar-refractivity contribution in [1.29, 1.82) is 0 Å². The van der Waals surface area contributed by atoms with Crippen LogP contribution in [0, 0.1) is 12.7 Å². The van der Waals surface area contributed by atoms with Gasteiger partial charge in [0.15, 0.2) is 5.76 Å². The first kappa shape index (κ1) is 19.1. The summed E-state index contributed by atoms with van der Waals surface area (Å²) in [7, 11) is -3.65. The molecule has 0 bridgehead atoms. The summed E-state index contributed by atoms with van der Waals surface area (Å²) in [6.07, 6.45) is 3.28. The van der Waals surface area contributed by atoms with Gasteiger partial charge in [0.2, 0.25) is 10.0 Å². The van der Waals surface area contributed by atoms with Crippen LogP contribution in [0.25, 0.3) is 0 Å². The van der Waals surface area contributed by atoms with Gasteiger partial charge >= 0.3 is 0 Å². The van der Waals surface area contributed by atoms with Crippen molar-refractivity contribution in [3.63, 3.8) is 0 Å². The summed E-state index contributed by atoms with van der Waals surface area (Å²) in [6.45, 7) is 3.11. The van der Waals surface area contributed by atoms with Gasteiger partial charge < -0.3 is 9.32 Å². The number of carbonyl (C=O) groups excluding carboxylic acids is 1. The third kappa shape index (κ3) is 3.35. The number of hydrogen-bond donors (Lipinski definition) is 0. The molecule has 0 saturated carbocycles. The summed E-state index contributed by atoms with van der Waals surface area (Å²) in [4.78, 5) is 14.8. The molecule has 2 aliphatic heterocycles. The van der Waals surface area contributed by atoms with Gasteiger partial charge in [0.25, 0.3) is 5.91 Å². The summed E-state index contributed by atoms with van der Waals surface area (Å²) in [5, 5.41) is 0. The van der Waals surface area contributed by atoms with Crippen LogP contribution in [0.5, 0.6) is 0 Å². The molecule has 1 unspecified atom stereocenters. The molecule has 6 nitrogen and oxygen atoms in total. The zero-order chi connectivity index (χ0) is 19.9. The van der Waals surface area contributed by atoms with Crippen LogP contribution in [0.2, 0.25) is 0 Å². The van der Waals surface area contributed by atoms with Gasteiger partial charge in [-0.2, -0.15) is 4.31 Å². The largest absolute Gasteiger partial charge is 0.455 e. The number of likely N-dealkylation sites (tertiary alicyclic amines) is 1. The molecule has 28 heavy (non-hydrogen) atoms. The normalized spacial score (nSPS) is 20.8. The topological polar surface area (TPSA) is 70.8 Å². The van der Waals surface area contributed by atoms with Crippen LogP contribution in [0.1, 0.15) is 53.6 Å². The number of nitrogens with zero attached hydrogens (tertiary/aromatic N) is 2. The van der Waals surface area contributed by atoms with Crippen molar-refractivity contribution in [3.8, 4) is 0 Å². The van der Waals surface area contributed by atoms with Crippen molar-refractivity contribution in [2.75, 3.05) is 19.6 Å². The van der Waals surface area contributed by atoms with Gasteiger partial charge in [0.05, 0.1) is 6.04 Å². The Hall–Kier alpha value is -2.19. The van der Waals surface area contributed by atoms with Crippen molar-refractivity contribution < 1.29 is 22.0 Å². The highest BCUT2D eigenvalue weighted by Gasteiger charge is 2.35. The average molecular weight is 406 g/mol. The van der Waals surface area contributed by atoms with Crippen LogP contribution in [-0.4, -0.2) is 43.2 Å². The van der Waals surface area contributed by atoms with Crippen LogP contribution in [0.3, 0.4) is 0 Å². The van der Waals surface area contributed by atoms with Gasteiger partial charge in [-0.25, -0.2) is 12.8 Å². The number of rotatable bonds is 4. The van der Waals surface area contributed by atoms with E-state index in [0.29, 0.717) is 19.6 Å². The van der Waals surface area contributed by atoms with Crippen LogP contribution in [0.15, 0.2) is 39.6 Å². The van der Waals surface area contributed by atoms with Gasteiger partial charge in [-0.05, 0) is 50.3 Å². The minimum absolute atomic E-state index is 0.0317. The Morgan fingerprint density at radius 1 is 1.11 bits per heavy atom. The van der Waals surface area contributed by atoms with Crippen molar-refractivity contribution in [1.82, 2.24) is 9.21 Å². The van der Waals surface area contributed by atoms with E-state index in [2.05, 4.69) is 0 Å². The predicted octanol–water partition coefficient (Wildman–Crippen LogP) is 3.49. The highest BCUT2D eigenvalue weighted by atomic mass is 32.2. The van der Waals surface area contributed by atoms with E-state index in [9.17, 15) is 17.6 Å². The fraction of sp³-hybridized carbons (Fsp3) is 0.450. The maximum atomic E-state index is 13.2. The Kier molecular flexibility index (Phi) is 5.01. The zero-order valence-corrected chi connectivity index (χ0v) is 16.5. The molecule has 0 N–H and O–H groups in total. The Morgan fingerprint density at radius 2 is 1.79 bits per heavy atom. The summed E-state index contributed by atoms with van der Waals surface area (Å²) in [5.41, 5.74) is 0.862. The summed E-state index contributed by atoms with van der Waals surface area (Å²) < 4.78 is 45.9. The highest BCUT2D eigenvalue weighted by Crippen LogP contribution is 2.34. The molecule has 2 saturated heterocycles. The standard InChI is InChI=1S/C20H23FN2O4S/c1-14-19(28(25,26)22-10-2-3-11-22)13-18(27-14)20(24)23-12-4-5-17(23)15-6-8-16(21)9-7-15/h6-9,13,17H,2-5,10-12H2,1H3. The first-order chi connectivity index (χ1) is 13.4. The number of amides is 1. The van der Waals surface area contributed by atoms with E-state index in [1.165, 1.54) is 22.5 Å². The minimum atomic E-state index is -3.65. The van der Waals surface area contributed by atoms with E-state index in [-0.39, 0.29) is 34.2 Å². The monoisotopic (exact) mass is 406 g/mol. The fourth-order valence-corrected chi connectivity index (χ4v) is 5.76. The summed E-state index contributed by atoms with van der Waals surface area (Å²) in [6, 6.07) is 7.31. The van der Waals surface area contributed by atoms with Crippen molar-refractivity contribution in [2.45, 2.75) is 43.5 Å². The zero-order valence-electron chi connectivity index (χ0n) is 15.7. The van der Waals surface area contributed by atoms with Gasteiger partial charge in [0.1, 0.15) is 16.5 Å². The molecule has 4 rings (SSSR count). The Morgan fingerprint density at radius 3 is 2.46 bits per heavy atom. The fourth-order valence-electron chi connectivity index (χ4n) is 4.08. The second kappa shape index (κ2) is 7.33. The van der Waals surface area contributed by atoms with Gasteiger partial charge in [0, 0.05) is 25.7 Å². The van der Waals surface area contributed by atoms with Gasteiger partial charge in [-0.1, -0.05) is 12.1 Å². The molecular formula is C20H23FN2O4S. The molecule has 2 fully saturated rings. The number of carbonyl (C=O) groups is 1. The Balaban J connectivity index is 1.60. The molecule has 1 atom stereocenters. The highest BCUT2D eigenvalue weighted by molar-refractivity contribution is 7.89. The first-order valence-electron chi connectivity index (χ1n) is 9.55. The lowest BCUT2D eigenvalue weighted by atomic mass is 10.0. The molecule has 0 aliphatic carbocycles. The third-order valence-electron chi connectivity index (χ3n) is 5.53. The smallest absolute Gasteiger partial charge is 0.290 e. The number of aryl methyl sites for hydroxylation is 1. The quantitative estimate of drug-likeness (QED) is 0.779. The maximum absolute atomic E-state index is 13.2. The first-order valence-corrected chi connectivity index (χ1v) is 11.0. The van der Waals surface area contributed by atoms with Gasteiger partial charge in [-0.3, -0.25) is 4.79 Å². The number of halogens is 1. The van der Waals surface area contributed by atoms with Crippen LogP contribution < -0.4 is 0 Å². The van der Waals surface area contributed by atoms with E-state index < -0.39 is 10.0 Å². The van der Waals surface area contributed by atoms with Crippen LogP contribution >= 0.6 is 0 Å². The lowest BCUT2D eigenvalue weighted by Gasteiger charge is -2.24. The Labute approximate surface area is 164 Å². The molecule has 0 spiro atoms. The second-order valence-electron chi connectivity index (χ2n) is 7.35. The number of sulfonamides is 1. The molecule has 1 aromatic carbocycles. The predicted molar refractivity (Wildman–Crippen MR) is 101 cm³/mol.